The summed E-state index contributed by atoms with van der Waals surface area (Å²) in [5.74, 6) is 0.593. The minimum atomic E-state index is 0.580. The van der Waals surface area contributed by atoms with E-state index >= 15 is 0 Å². The molecule has 0 radical (unpaired) electrons. The van der Waals surface area contributed by atoms with Crippen LogP contribution in [0.2, 0.25) is 5.28 Å². The molecule has 0 spiro atoms. The summed E-state index contributed by atoms with van der Waals surface area (Å²) in [5.41, 5.74) is 1.24. The number of rotatable bonds is 1. The van der Waals surface area contributed by atoms with Crippen molar-refractivity contribution in [2.45, 2.75) is 12.3 Å². The molecule has 1 atom stereocenters. The summed E-state index contributed by atoms with van der Waals surface area (Å²) in [4.78, 5) is 4.06. The number of nitrogens with one attached hydrogen (secondary N) is 1. The van der Waals surface area contributed by atoms with E-state index in [1.54, 1.807) is 0 Å². The molecule has 12 heavy (non-hydrogen) atoms. The maximum atomic E-state index is 5.84. The molecule has 1 N–H and O–H groups in total. The Morgan fingerprint density at radius 1 is 1.75 bits per heavy atom. The number of imidazole rings is 1. The maximum Gasteiger partial charge on any atom is 0.202 e. The van der Waals surface area contributed by atoms with Crippen molar-refractivity contribution in [2.24, 2.45) is 7.05 Å². The number of hydrogen-bond acceptors (Lipinski definition) is 2. The molecule has 66 valence electrons. The van der Waals surface area contributed by atoms with Crippen molar-refractivity contribution in [2.75, 3.05) is 13.1 Å². The number of aromatic nitrogens is 2. The monoisotopic (exact) mass is 185 g/mol. The van der Waals surface area contributed by atoms with E-state index in [1.807, 2.05) is 17.8 Å². The fourth-order valence-corrected chi connectivity index (χ4v) is 1.83. The highest BCUT2D eigenvalue weighted by atomic mass is 35.5. The fraction of sp³-hybridized carbons (Fsp3) is 0.625. The van der Waals surface area contributed by atoms with Crippen molar-refractivity contribution in [3.8, 4) is 0 Å². The smallest absolute Gasteiger partial charge is 0.202 e. The lowest BCUT2D eigenvalue weighted by atomic mass is 10.1. The van der Waals surface area contributed by atoms with Crippen molar-refractivity contribution in [1.29, 1.82) is 0 Å². The lowest BCUT2D eigenvalue weighted by Crippen LogP contribution is -2.10. The average Bonchev–Trinajstić information content (AvgIpc) is 2.64. The zero-order chi connectivity index (χ0) is 8.55. The number of nitrogens with zero attached hydrogens (tertiary/aromatic N) is 2. The van der Waals surface area contributed by atoms with Crippen LogP contribution < -0.4 is 5.32 Å². The summed E-state index contributed by atoms with van der Waals surface area (Å²) < 4.78 is 1.96. The van der Waals surface area contributed by atoms with Gasteiger partial charge in [0.1, 0.15) is 0 Å². The Labute approximate surface area is 76.7 Å². The summed E-state index contributed by atoms with van der Waals surface area (Å²) >= 11 is 5.84. The summed E-state index contributed by atoms with van der Waals surface area (Å²) in [6.07, 6.45) is 3.07. The maximum absolute atomic E-state index is 5.84. The first-order chi connectivity index (χ1) is 5.79. The lowest BCUT2D eigenvalue weighted by molar-refractivity contribution is 0.686. The van der Waals surface area contributed by atoms with Gasteiger partial charge in [0.25, 0.3) is 0 Å². The summed E-state index contributed by atoms with van der Waals surface area (Å²) in [7, 11) is 1.96. The van der Waals surface area contributed by atoms with Gasteiger partial charge in [-0.1, -0.05) is 0 Å². The first kappa shape index (κ1) is 8.08. The van der Waals surface area contributed by atoms with E-state index in [1.165, 1.54) is 12.1 Å². The SMILES string of the molecule is Cn1c(C2CCNC2)cnc1Cl. The molecule has 1 aromatic rings. The van der Waals surface area contributed by atoms with Gasteiger partial charge in [0.2, 0.25) is 5.28 Å². The molecule has 3 nitrogen and oxygen atoms in total. The molecule has 4 heteroatoms. The Kier molecular flexibility index (Phi) is 2.07. The van der Waals surface area contributed by atoms with Crippen molar-refractivity contribution in [3.05, 3.63) is 17.2 Å². The van der Waals surface area contributed by atoms with Gasteiger partial charge in [-0.05, 0) is 24.6 Å². The van der Waals surface area contributed by atoms with Gasteiger partial charge < -0.3 is 9.88 Å². The van der Waals surface area contributed by atoms with E-state index in [4.69, 9.17) is 11.6 Å². The molecule has 0 saturated carbocycles. The molecule has 1 saturated heterocycles. The fourth-order valence-electron chi connectivity index (χ4n) is 1.69. The largest absolute Gasteiger partial charge is 0.322 e. The molecule has 1 aliphatic heterocycles. The van der Waals surface area contributed by atoms with Gasteiger partial charge in [-0.15, -0.1) is 0 Å². The van der Waals surface area contributed by atoms with Crippen LogP contribution >= 0.6 is 11.6 Å². The van der Waals surface area contributed by atoms with Crippen LogP contribution in [0.15, 0.2) is 6.20 Å². The molecule has 1 fully saturated rings. The minimum absolute atomic E-state index is 0.580. The van der Waals surface area contributed by atoms with Crippen LogP contribution in [0.3, 0.4) is 0 Å². The van der Waals surface area contributed by atoms with Crippen LogP contribution in [0, 0.1) is 0 Å². The Hall–Kier alpha value is -0.540. The van der Waals surface area contributed by atoms with Crippen LogP contribution in [0.4, 0.5) is 0 Å². The second kappa shape index (κ2) is 3.07. The third kappa shape index (κ3) is 1.23. The molecule has 0 amide bonds. The molecule has 0 aromatic carbocycles. The molecule has 0 aliphatic carbocycles. The van der Waals surface area contributed by atoms with E-state index < -0.39 is 0 Å². The number of hydrogen-bond donors (Lipinski definition) is 1. The van der Waals surface area contributed by atoms with Crippen LogP contribution in [0.25, 0.3) is 0 Å². The van der Waals surface area contributed by atoms with Gasteiger partial charge in [0, 0.05) is 25.2 Å². The van der Waals surface area contributed by atoms with Crippen molar-refractivity contribution in [3.63, 3.8) is 0 Å². The molecule has 0 bridgehead atoms. The zero-order valence-electron chi connectivity index (χ0n) is 7.05. The zero-order valence-corrected chi connectivity index (χ0v) is 7.80. The van der Waals surface area contributed by atoms with Crippen LogP contribution in [0.1, 0.15) is 18.0 Å². The minimum Gasteiger partial charge on any atom is -0.322 e. The third-order valence-electron chi connectivity index (χ3n) is 2.45. The van der Waals surface area contributed by atoms with Gasteiger partial charge in [-0.25, -0.2) is 4.98 Å². The highest BCUT2D eigenvalue weighted by Gasteiger charge is 2.20. The van der Waals surface area contributed by atoms with Gasteiger partial charge in [0.05, 0.1) is 6.20 Å². The molecule has 1 unspecified atom stereocenters. The first-order valence-electron chi connectivity index (χ1n) is 4.17. The second-order valence-electron chi connectivity index (χ2n) is 3.20. The number of halogens is 1. The van der Waals surface area contributed by atoms with E-state index in [2.05, 4.69) is 10.3 Å². The quantitative estimate of drug-likeness (QED) is 0.712. The summed E-state index contributed by atoms with van der Waals surface area (Å²) in [6, 6.07) is 0. The second-order valence-corrected chi connectivity index (χ2v) is 3.54. The standard InChI is InChI=1S/C8H12ClN3/c1-12-7(5-11-8(12)9)6-2-3-10-4-6/h5-6,10H,2-4H2,1H3. The molecular formula is C8H12ClN3. The molecular weight excluding hydrogens is 174 g/mol. The Morgan fingerprint density at radius 2 is 2.58 bits per heavy atom. The van der Waals surface area contributed by atoms with Crippen LogP contribution in [-0.2, 0) is 7.05 Å². The van der Waals surface area contributed by atoms with E-state index in [0.717, 1.165) is 13.1 Å². The summed E-state index contributed by atoms with van der Waals surface area (Å²) in [6.45, 7) is 2.16. The van der Waals surface area contributed by atoms with E-state index in [9.17, 15) is 0 Å². The van der Waals surface area contributed by atoms with E-state index in [0.29, 0.717) is 11.2 Å². The summed E-state index contributed by atoms with van der Waals surface area (Å²) in [5, 5.41) is 3.90. The highest BCUT2D eigenvalue weighted by Crippen LogP contribution is 2.23. The van der Waals surface area contributed by atoms with Crippen LogP contribution in [-0.4, -0.2) is 22.6 Å². The van der Waals surface area contributed by atoms with Gasteiger partial charge in [-0.2, -0.15) is 0 Å². The lowest BCUT2D eigenvalue weighted by Gasteiger charge is -2.08. The normalized spacial score (nSPS) is 23.3. The third-order valence-corrected chi connectivity index (χ3v) is 2.80. The predicted octanol–water partition coefficient (Wildman–Crippen LogP) is 1.15. The van der Waals surface area contributed by atoms with Crippen molar-refractivity contribution < 1.29 is 0 Å². The molecule has 2 rings (SSSR count). The van der Waals surface area contributed by atoms with Gasteiger partial charge >= 0.3 is 0 Å². The topological polar surface area (TPSA) is 29.9 Å². The molecule has 1 aromatic heterocycles. The molecule has 1 aliphatic rings. The van der Waals surface area contributed by atoms with Crippen molar-refractivity contribution >= 4 is 11.6 Å². The average molecular weight is 186 g/mol. The molecule has 2 heterocycles. The first-order valence-corrected chi connectivity index (χ1v) is 4.54. The Balaban J connectivity index is 2.26. The Morgan fingerprint density at radius 3 is 3.08 bits per heavy atom. The van der Waals surface area contributed by atoms with Gasteiger partial charge in [-0.3, -0.25) is 0 Å². The van der Waals surface area contributed by atoms with E-state index in [-0.39, 0.29) is 0 Å². The Bertz CT molecular complexity index is 276. The van der Waals surface area contributed by atoms with Crippen LogP contribution in [0.5, 0.6) is 0 Å². The van der Waals surface area contributed by atoms with Gasteiger partial charge in [0.15, 0.2) is 0 Å². The van der Waals surface area contributed by atoms with Crippen molar-refractivity contribution in [1.82, 2.24) is 14.9 Å². The predicted molar refractivity (Wildman–Crippen MR) is 48.4 cm³/mol. The highest BCUT2D eigenvalue weighted by molar-refractivity contribution is 6.28.